The van der Waals surface area contributed by atoms with Crippen LogP contribution < -0.4 is 5.73 Å². The fourth-order valence-electron chi connectivity index (χ4n) is 1.60. The number of rotatable bonds is 3. The molecule has 17 heavy (non-hydrogen) atoms. The van der Waals surface area contributed by atoms with E-state index in [0.29, 0.717) is 12.0 Å². The van der Waals surface area contributed by atoms with Crippen LogP contribution in [0.3, 0.4) is 0 Å². The van der Waals surface area contributed by atoms with Gasteiger partial charge in [-0.15, -0.1) is 5.11 Å². The monoisotopic (exact) mass is 229 g/mol. The van der Waals surface area contributed by atoms with Crippen molar-refractivity contribution in [3.63, 3.8) is 0 Å². The number of carbonyl (C=O) groups is 2. The van der Waals surface area contributed by atoms with E-state index in [9.17, 15) is 9.59 Å². The molecule has 0 aromatic heterocycles. The van der Waals surface area contributed by atoms with E-state index in [2.05, 4.69) is 10.2 Å². The normalized spacial score (nSPS) is 18.4. The second kappa shape index (κ2) is 4.69. The van der Waals surface area contributed by atoms with Crippen LogP contribution in [0.2, 0.25) is 0 Å². The van der Waals surface area contributed by atoms with Crippen molar-refractivity contribution in [1.82, 2.24) is 0 Å². The van der Waals surface area contributed by atoms with Crippen LogP contribution in [0.25, 0.3) is 0 Å². The van der Waals surface area contributed by atoms with Gasteiger partial charge < -0.3 is 5.73 Å². The van der Waals surface area contributed by atoms with E-state index < -0.39 is 5.91 Å². The number of nitrogens with zero attached hydrogens (tertiary/aromatic N) is 2. The maximum absolute atomic E-state index is 11.4. The van der Waals surface area contributed by atoms with Crippen LogP contribution in [0.5, 0.6) is 0 Å². The third-order valence-electron chi connectivity index (χ3n) is 2.55. The van der Waals surface area contributed by atoms with Gasteiger partial charge in [-0.2, -0.15) is 5.11 Å². The first-order valence-corrected chi connectivity index (χ1v) is 5.17. The van der Waals surface area contributed by atoms with Gasteiger partial charge in [-0.3, -0.25) is 9.59 Å². The highest BCUT2D eigenvalue weighted by atomic mass is 16.2. The standard InChI is InChI=1S/C12H11N3O2/c13-11(16)9-3-1-8(2-4-9)7-10-5-6-14-15-12(10)17/h1-6,10H,7H2,(H2,13,16). The van der Waals surface area contributed by atoms with Crippen molar-refractivity contribution in [3.05, 3.63) is 47.7 Å². The van der Waals surface area contributed by atoms with Gasteiger partial charge in [-0.1, -0.05) is 18.2 Å². The lowest BCUT2D eigenvalue weighted by molar-refractivity contribution is -0.120. The van der Waals surface area contributed by atoms with E-state index in [4.69, 9.17) is 5.73 Å². The van der Waals surface area contributed by atoms with Crippen molar-refractivity contribution in [2.24, 2.45) is 21.9 Å². The van der Waals surface area contributed by atoms with Crippen LogP contribution >= 0.6 is 0 Å². The van der Waals surface area contributed by atoms with E-state index in [1.54, 1.807) is 30.3 Å². The Morgan fingerprint density at radius 1 is 1.29 bits per heavy atom. The maximum atomic E-state index is 11.4. The van der Waals surface area contributed by atoms with Gasteiger partial charge in [0.15, 0.2) is 0 Å². The summed E-state index contributed by atoms with van der Waals surface area (Å²) in [5.74, 6) is -0.975. The Morgan fingerprint density at radius 3 is 2.59 bits per heavy atom. The predicted octanol–water partition coefficient (Wildman–Crippen LogP) is 1.45. The summed E-state index contributed by atoms with van der Waals surface area (Å²) in [6, 6.07) is 6.87. The zero-order valence-electron chi connectivity index (χ0n) is 9.04. The van der Waals surface area contributed by atoms with Gasteiger partial charge >= 0.3 is 0 Å². The van der Waals surface area contributed by atoms with Crippen LogP contribution in [0.15, 0.2) is 46.8 Å². The van der Waals surface area contributed by atoms with Crippen molar-refractivity contribution in [3.8, 4) is 0 Å². The highest BCUT2D eigenvalue weighted by Gasteiger charge is 2.17. The van der Waals surface area contributed by atoms with Crippen molar-refractivity contribution >= 4 is 11.8 Å². The molecule has 1 atom stereocenters. The van der Waals surface area contributed by atoms with Crippen LogP contribution in [-0.2, 0) is 11.2 Å². The lowest BCUT2D eigenvalue weighted by atomic mass is 9.97. The summed E-state index contributed by atoms with van der Waals surface area (Å²) in [5, 5.41) is 7.00. The molecule has 5 nitrogen and oxygen atoms in total. The summed E-state index contributed by atoms with van der Waals surface area (Å²) in [4.78, 5) is 22.3. The second-order valence-corrected chi connectivity index (χ2v) is 3.77. The Morgan fingerprint density at radius 2 is 2.00 bits per heavy atom. The lowest BCUT2D eigenvalue weighted by Gasteiger charge is -2.10. The Bertz CT molecular complexity index is 503. The molecule has 0 radical (unpaired) electrons. The molecule has 1 aromatic carbocycles. The molecule has 2 N–H and O–H groups in total. The SMILES string of the molecule is NC(=O)c1ccc(CC2C=CN=NC2=O)cc1. The Labute approximate surface area is 98.0 Å². The maximum Gasteiger partial charge on any atom is 0.271 e. The number of benzene rings is 1. The number of azo groups is 1. The number of nitrogens with two attached hydrogens (primary N) is 1. The number of hydrogen-bond donors (Lipinski definition) is 1. The Balaban J connectivity index is 2.09. The minimum Gasteiger partial charge on any atom is -0.366 e. The topological polar surface area (TPSA) is 84.9 Å². The molecule has 1 unspecified atom stereocenters. The first kappa shape index (κ1) is 11.2. The molecule has 2 amide bonds. The van der Waals surface area contributed by atoms with E-state index in [-0.39, 0.29) is 11.8 Å². The smallest absolute Gasteiger partial charge is 0.271 e. The van der Waals surface area contributed by atoms with Gasteiger partial charge in [-0.25, -0.2) is 0 Å². The number of hydrogen-bond acceptors (Lipinski definition) is 3. The number of carbonyl (C=O) groups excluding carboxylic acids is 2. The summed E-state index contributed by atoms with van der Waals surface area (Å²) in [5.41, 5.74) is 6.55. The lowest BCUT2D eigenvalue weighted by Crippen LogP contribution is -2.14. The third-order valence-corrected chi connectivity index (χ3v) is 2.55. The van der Waals surface area contributed by atoms with E-state index in [0.717, 1.165) is 5.56 Å². The fourth-order valence-corrected chi connectivity index (χ4v) is 1.60. The van der Waals surface area contributed by atoms with Gasteiger partial charge in [0.2, 0.25) is 5.91 Å². The van der Waals surface area contributed by atoms with E-state index in [1.165, 1.54) is 6.20 Å². The molecule has 1 aliphatic heterocycles. The largest absolute Gasteiger partial charge is 0.366 e. The average Bonchev–Trinajstić information content (AvgIpc) is 2.33. The summed E-state index contributed by atoms with van der Waals surface area (Å²) >= 11 is 0. The molecule has 2 rings (SSSR count). The van der Waals surface area contributed by atoms with Gasteiger partial charge in [0, 0.05) is 11.8 Å². The molecule has 0 bridgehead atoms. The third kappa shape index (κ3) is 2.63. The van der Waals surface area contributed by atoms with Crippen LogP contribution in [0.4, 0.5) is 0 Å². The minimum atomic E-state index is -0.459. The summed E-state index contributed by atoms with van der Waals surface area (Å²) < 4.78 is 0. The molecule has 86 valence electrons. The molecule has 1 heterocycles. The van der Waals surface area contributed by atoms with Gasteiger partial charge in [0.25, 0.3) is 5.91 Å². The predicted molar refractivity (Wildman–Crippen MR) is 61.2 cm³/mol. The van der Waals surface area contributed by atoms with Gasteiger partial charge in [0.05, 0.1) is 5.92 Å². The molecule has 1 aliphatic rings. The molecule has 5 heteroatoms. The molecule has 0 spiro atoms. The molecule has 0 fully saturated rings. The van der Waals surface area contributed by atoms with Crippen molar-refractivity contribution in [1.29, 1.82) is 0 Å². The number of amides is 2. The molecule has 1 aromatic rings. The summed E-state index contributed by atoms with van der Waals surface area (Å²) in [7, 11) is 0. The highest BCUT2D eigenvalue weighted by molar-refractivity contribution is 5.92. The molecule has 0 aliphatic carbocycles. The van der Waals surface area contributed by atoms with Gasteiger partial charge in [0.1, 0.15) is 0 Å². The fraction of sp³-hybridized carbons (Fsp3) is 0.167. The van der Waals surface area contributed by atoms with Crippen molar-refractivity contribution in [2.45, 2.75) is 6.42 Å². The first-order valence-electron chi connectivity index (χ1n) is 5.17. The van der Waals surface area contributed by atoms with E-state index in [1.807, 2.05) is 0 Å². The molecule has 0 saturated heterocycles. The summed E-state index contributed by atoms with van der Waals surface area (Å²) in [6.07, 6.45) is 3.79. The quantitative estimate of drug-likeness (QED) is 0.850. The van der Waals surface area contributed by atoms with Crippen LogP contribution in [0.1, 0.15) is 15.9 Å². The number of primary amides is 1. The Hall–Kier alpha value is -2.30. The van der Waals surface area contributed by atoms with E-state index >= 15 is 0 Å². The summed E-state index contributed by atoms with van der Waals surface area (Å²) in [6.45, 7) is 0. The zero-order valence-corrected chi connectivity index (χ0v) is 9.04. The highest BCUT2D eigenvalue weighted by Crippen LogP contribution is 2.15. The van der Waals surface area contributed by atoms with Crippen LogP contribution in [-0.4, -0.2) is 11.8 Å². The first-order chi connectivity index (χ1) is 8.16. The van der Waals surface area contributed by atoms with Crippen molar-refractivity contribution < 1.29 is 9.59 Å². The molecular weight excluding hydrogens is 218 g/mol. The molecular formula is C12H11N3O2. The van der Waals surface area contributed by atoms with Gasteiger partial charge in [-0.05, 0) is 24.1 Å². The van der Waals surface area contributed by atoms with Crippen LogP contribution in [0, 0.1) is 5.92 Å². The van der Waals surface area contributed by atoms with Crippen molar-refractivity contribution in [2.75, 3.05) is 0 Å². The Kier molecular flexibility index (Phi) is 3.09. The zero-order chi connectivity index (χ0) is 12.3. The minimum absolute atomic E-state index is 0.244. The average molecular weight is 229 g/mol. The second-order valence-electron chi connectivity index (χ2n) is 3.77. The molecule has 0 saturated carbocycles.